The van der Waals surface area contributed by atoms with Gasteiger partial charge in [-0.2, -0.15) is 0 Å². The van der Waals surface area contributed by atoms with Crippen LogP contribution < -0.4 is 0 Å². The van der Waals surface area contributed by atoms with E-state index in [9.17, 15) is 19.8 Å². The highest BCUT2D eigenvalue weighted by molar-refractivity contribution is 6.30. The van der Waals surface area contributed by atoms with Gasteiger partial charge < -0.3 is 19.7 Å². The molecule has 1 aliphatic rings. The zero-order valence-electron chi connectivity index (χ0n) is 16.5. The van der Waals surface area contributed by atoms with E-state index in [4.69, 9.17) is 11.6 Å². The Morgan fingerprint density at radius 1 is 1.28 bits per heavy atom. The number of aromatic nitrogens is 2. The molecule has 0 aliphatic carbocycles. The highest BCUT2D eigenvalue weighted by Gasteiger charge is 2.34. The zero-order valence-corrected chi connectivity index (χ0v) is 17.2. The molecule has 3 rings (SSSR count). The maximum atomic E-state index is 12.7. The van der Waals surface area contributed by atoms with E-state index in [1.165, 1.54) is 4.90 Å². The Kier molecular flexibility index (Phi) is 6.92. The van der Waals surface area contributed by atoms with Crippen molar-refractivity contribution in [1.82, 2.24) is 14.5 Å². The number of aliphatic carboxylic acids is 1. The number of carbonyl (C=O) groups excluding carboxylic acids is 1. The number of amides is 1. The Morgan fingerprint density at radius 3 is 2.62 bits per heavy atom. The molecule has 2 aromatic rings. The van der Waals surface area contributed by atoms with E-state index in [1.807, 2.05) is 16.7 Å². The third-order valence-corrected chi connectivity index (χ3v) is 5.65. The van der Waals surface area contributed by atoms with Crippen LogP contribution in [0.5, 0.6) is 0 Å². The van der Waals surface area contributed by atoms with Gasteiger partial charge in [-0.3, -0.25) is 4.79 Å². The summed E-state index contributed by atoms with van der Waals surface area (Å²) in [6, 6.07) is 6.38. The van der Waals surface area contributed by atoms with Crippen LogP contribution >= 0.6 is 11.6 Å². The molecule has 156 valence electrons. The molecule has 0 spiro atoms. The summed E-state index contributed by atoms with van der Waals surface area (Å²) in [5.41, 5.74) is 2.00. The number of hydrogen-bond acceptors (Lipinski definition) is 4. The maximum Gasteiger partial charge on any atom is 0.326 e. The van der Waals surface area contributed by atoms with Gasteiger partial charge in [0, 0.05) is 25.1 Å². The number of halogens is 1. The second kappa shape index (κ2) is 9.41. The first-order chi connectivity index (χ1) is 14.0. The van der Waals surface area contributed by atoms with Crippen molar-refractivity contribution >= 4 is 23.5 Å². The number of aliphatic hydroxyl groups excluding tert-OH is 1. The summed E-state index contributed by atoms with van der Waals surface area (Å²) in [6.45, 7) is 2.86. The number of carboxylic acid groups (broad SMARTS) is 1. The van der Waals surface area contributed by atoms with Crippen LogP contribution in [-0.2, 0) is 24.4 Å². The summed E-state index contributed by atoms with van der Waals surface area (Å²) in [6.07, 6.45) is 3.98. The number of carboxylic acids is 1. The number of nitrogens with zero attached hydrogens (tertiary/aromatic N) is 3. The van der Waals surface area contributed by atoms with E-state index in [2.05, 4.69) is 11.9 Å². The number of imidazole rings is 1. The first-order valence-electron chi connectivity index (χ1n) is 9.93. The predicted octanol–water partition coefficient (Wildman–Crippen LogP) is 3.11. The van der Waals surface area contributed by atoms with Gasteiger partial charge in [-0.25, -0.2) is 9.78 Å². The minimum atomic E-state index is -0.958. The van der Waals surface area contributed by atoms with Gasteiger partial charge in [-0.05, 0) is 37.0 Å². The molecular weight excluding hydrogens is 394 g/mol. The molecule has 0 saturated carbocycles. The van der Waals surface area contributed by atoms with Gasteiger partial charge >= 0.3 is 5.97 Å². The van der Waals surface area contributed by atoms with Gasteiger partial charge in [0.15, 0.2) is 5.15 Å². The van der Waals surface area contributed by atoms with Gasteiger partial charge in [0.05, 0.1) is 12.3 Å². The average molecular weight is 420 g/mol. The van der Waals surface area contributed by atoms with Crippen molar-refractivity contribution in [3.8, 4) is 0 Å². The van der Waals surface area contributed by atoms with Crippen LogP contribution in [0.15, 0.2) is 24.3 Å². The van der Waals surface area contributed by atoms with Gasteiger partial charge in [0.2, 0.25) is 0 Å². The Hall–Kier alpha value is -2.38. The van der Waals surface area contributed by atoms with Crippen LogP contribution in [0.2, 0.25) is 5.15 Å². The molecule has 1 amide bonds. The van der Waals surface area contributed by atoms with Crippen LogP contribution in [0.25, 0.3) is 0 Å². The van der Waals surface area contributed by atoms with Crippen LogP contribution in [-0.4, -0.2) is 49.1 Å². The van der Waals surface area contributed by atoms with Crippen LogP contribution in [0.3, 0.4) is 0 Å². The van der Waals surface area contributed by atoms with Gasteiger partial charge in [-0.1, -0.05) is 37.1 Å². The Balaban J connectivity index is 1.78. The zero-order chi connectivity index (χ0) is 21.0. The summed E-state index contributed by atoms with van der Waals surface area (Å²) in [5.74, 6) is -0.380. The summed E-state index contributed by atoms with van der Waals surface area (Å²) < 4.78 is 1.93. The summed E-state index contributed by atoms with van der Waals surface area (Å²) >= 11 is 6.18. The number of carbonyl (C=O) groups is 2. The molecule has 1 aliphatic heterocycles. The van der Waals surface area contributed by atoms with Crippen LogP contribution in [0.1, 0.15) is 60.0 Å². The number of unbranched alkanes of at least 4 members (excludes halogenated alkanes) is 1. The largest absolute Gasteiger partial charge is 0.480 e. The van der Waals surface area contributed by atoms with E-state index >= 15 is 0 Å². The quantitative estimate of drug-likeness (QED) is 0.685. The van der Waals surface area contributed by atoms with Crippen molar-refractivity contribution in [1.29, 1.82) is 0 Å². The molecule has 8 heteroatoms. The molecule has 1 aromatic carbocycles. The van der Waals surface area contributed by atoms with Crippen molar-refractivity contribution in [3.05, 3.63) is 52.1 Å². The van der Waals surface area contributed by atoms with E-state index in [0.717, 1.165) is 30.7 Å². The normalized spacial score (nSPS) is 16.4. The molecule has 0 unspecified atom stereocenters. The van der Waals surface area contributed by atoms with Crippen LogP contribution in [0.4, 0.5) is 0 Å². The summed E-state index contributed by atoms with van der Waals surface area (Å²) in [4.78, 5) is 29.9. The second-order valence-corrected chi connectivity index (χ2v) is 7.66. The highest BCUT2D eigenvalue weighted by Crippen LogP contribution is 2.23. The average Bonchev–Trinajstić information content (AvgIpc) is 3.31. The lowest BCUT2D eigenvalue weighted by Gasteiger charge is -2.21. The molecule has 2 heterocycles. The first kappa shape index (κ1) is 21.3. The minimum absolute atomic E-state index is 0.194. The number of aliphatic hydroxyl groups is 1. The predicted molar refractivity (Wildman–Crippen MR) is 109 cm³/mol. The van der Waals surface area contributed by atoms with Crippen LogP contribution in [0, 0.1) is 0 Å². The lowest BCUT2D eigenvalue weighted by molar-refractivity contribution is -0.141. The fraction of sp³-hybridized carbons (Fsp3) is 0.476. The van der Waals surface area contributed by atoms with Gasteiger partial charge in [-0.15, -0.1) is 0 Å². The number of hydrogen-bond donors (Lipinski definition) is 2. The number of benzene rings is 1. The number of rotatable bonds is 8. The molecule has 1 saturated heterocycles. The van der Waals surface area contributed by atoms with E-state index in [1.54, 1.807) is 12.1 Å². The highest BCUT2D eigenvalue weighted by atomic mass is 35.5. The number of likely N-dealkylation sites (tertiary alicyclic amines) is 1. The first-order valence-corrected chi connectivity index (χ1v) is 10.3. The molecule has 1 fully saturated rings. The molecule has 0 bridgehead atoms. The lowest BCUT2D eigenvalue weighted by Crippen LogP contribution is -2.40. The van der Waals surface area contributed by atoms with Crippen molar-refractivity contribution in [2.24, 2.45) is 0 Å². The van der Waals surface area contributed by atoms with Gasteiger partial charge in [0.25, 0.3) is 5.91 Å². The van der Waals surface area contributed by atoms with Crippen molar-refractivity contribution in [2.45, 2.75) is 58.2 Å². The Morgan fingerprint density at radius 2 is 2.00 bits per heavy atom. The van der Waals surface area contributed by atoms with E-state index in [0.29, 0.717) is 42.3 Å². The van der Waals surface area contributed by atoms with Gasteiger partial charge in [0.1, 0.15) is 11.9 Å². The lowest BCUT2D eigenvalue weighted by atomic mass is 10.1. The Labute approximate surface area is 174 Å². The smallest absolute Gasteiger partial charge is 0.326 e. The number of aryl methyl sites for hydroxylation is 1. The molecule has 1 atom stereocenters. The standard InChI is InChI=1S/C21H26ClN3O4/c1-2-3-6-18-23-19(22)17(13-26)25(18)12-14-7-9-15(10-8-14)20(27)24-11-4-5-16(24)21(28)29/h7-10,16,26H,2-6,11-13H2,1H3,(H,28,29)/t16-/m0/s1. The second-order valence-electron chi connectivity index (χ2n) is 7.31. The fourth-order valence-electron chi connectivity index (χ4n) is 3.74. The van der Waals surface area contributed by atoms with Crippen molar-refractivity contribution in [2.75, 3.05) is 6.54 Å². The molecular formula is C21H26ClN3O4. The monoisotopic (exact) mass is 419 g/mol. The topological polar surface area (TPSA) is 95.7 Å². The third kappa shape index (κ3) is 4.62. The molecule has 2 N–H and O–H groups in total. The summed E-state index contributed by atoms with van der Waals surface area (Å²) in [5, 5.41) is 19.3. The van der Waals surface area contributed by atoms with E-state index < -0.39 is 12.0 Å². The molecule has 29 heavy (non-hydrogen) atoms. The van der Waals surface area contributed by atoms with Crippen molar-refractivity contribution in [3.63, 3.8) is 0 Å². The molecule has 0 radical (unpaired) electrons. The molecule has 7 nitrogen and oxygen atoms in total. The minimum Gasteiger partial charge on any atom is -0.480 e. The fourth-order valence-corrected chi connectivity index (χ4v) is 4.00. The van der Waals surface area contributed by atoms with Crippen molar-refractivity contribution < 1.29 is 19.8 Å². The SMILES string of the molecule is CCCCc1nc(Cl)c(CO)n1Cc1ccc(C(=O)N2CCC[C@H]2C(=O)O)cc1. The summed E-state index contributed by atoms with van der Waals surface area (Å²) in [7, 11) is 0. The molecule has 1 aromatic heterocycles. The Bertz CT molecular complexity index is 879. The maximum absolute atomic E-state index is 12.7. The third-order valence-electron chi connectivity index (χ3n) is 5.35. The van der Waals surface area contributed by atoms with E-state index in [-0.39, 0.29) is 12.5 Å².